The van der Waals surface area contributed by atoms with Crippen LogP contribution in [0.25, 0.3) is 0 Å². The molecular weight excluding hydrogens is 238 g/mol. The molecule has 0 aliphatic carbocycles. The third-order valence-electron chi connectivity index (χ3n) is 2.65. The first kappa shape index (κ1) is 12.2. The number of benzene rings is 1. The number of anilines is 1. The van der Waals surface area contributed by atoms with E-state index < -0.39 is 0 Å². The molecule has 1 unspecified atom stereocenters. The van der Waals surface area contributed by atoms with Crippen molar-refractivity contribution in [3.8, 4) is 6.07 Å². The van der Waals surface area contributed by atoms with E-state index in [1.807, 2.05) is 12.1 Å². The van der Waals surface area contributed by atoms with E-state index in [2.05, 4.69) is 16.7 Å². The Labute approximate surface area is 106 Å². The molecule has 1 aliphatic heterocycles. The summed E-state index contributed by atoms with van der Waals surface area (Å²) in [5, 5.41) is 15.9. The van der Waals surface area contributed by atoms with Crippen LogP contribution in [0.5, 0.6) is 0 Å². The maximum atomic E-state index is 9.02. The number of nitrogens with zero attached hydrogens (tertiary/aromatic N) is 1. The molecule has 0 spiro atoms. The fourth-order valence-corrected chi connectivity index (χ4v) is 1.98. The van der Waals surface area contributed by atoms with Gasteiger partial charge in [-0.05, 0) is 12.1 Å². The molecule has 1 saturated heterocycles. The monoisotopic (exact) mass is 251 g/mol. The van der Waals surface area contributed by atoms with Crippen molar-refractivity contribution in [3.63, 3.8) is 0 Å². The number of hydrogen-bond donors (Lipinski definition) is 2. The van der Waals surface area contributed by atoms with Gasteiger partial charge in [0.25, 0.3) is 0 Å². The lowest BCUT2D eigenvalue weighted by Gasteiger charge is -2.24. The molecule has 0 amide bonds. The van der Waals surface area contributed by atoms with Gasteiger partial charge in [-0.1, -0.05) is 17.7 Å². The largest absolute Gasteiger partial charge is 0.381 e. The van der Waals surface area contributed by atoms with Gasteiger partial charge < -0.3 is 15.4 Å². The van der Waals surface area contributed by atoms with Gasteiger partial charge in [-0.15, -0.1) is 0 Å². The van der Waals surface area contributed by atoms with Gasteiger partial charge in [-0.2, -0.15) is 5.26 Å². The summed E-state index contributed by atoms with van der Waals surface area (Å²) in [5.41, 5.74) is 1.24. The molecule has 1 aliphatic rings. The van der Waals surface area contributed by atoms with Crippen LogP contribution in [-0.2, 0) is 4.74 Å². The van der Waals surface area contributed by atoms with E-state index in [0.29, 0.717) is 17.1 Å². The number of nitrogens with one attached hydrogen (secondary N) is 2. The Morgan fingerprint density at radius 3 is 3.18 bits per heavy atom. The minimum Gasteiger partial charge on any atom is -0.381 e. The van der Waals surface area contributed by atoms with E-state index >= 15 is 0 Å². The van der Waals surface area contributed by atoms with Crippen molar-refractivity contribution in [3.05, 3.63) is 28.8 Å². The SMILES string of the molecule is N#Cc1c(Cl)cccc1NCC1CNCCO1. The molecule has 17 heavy (non-hydrogen) atoms. The Morgan fingerprint density at radius 1 is 1.59 bits per heavy atom. The van der Waals surface area contributed by atoms with Crippen LogP contribution in [0.15, 0.2) is 18.2 Å². The molecule has 0 aromatic heterocycles. The summed E-state index contributed by atoms with van der Waals surface area (Å²) in [6, 6.07) is 7.49. The summed E-state index contributed by atoms with van der Waals surface area (Å²) >= 11 is 5.94. The second kappa shape index (κ2) is 5.87. The van der Waals surface area contributed by atoms with Crippen molar-refractivity contribution in [1.29, 1.82) is 5.26 Å². The molecule has 5 heteroatoms. The minimum atomic E-state index is 0.134. The zero-order valence-corrected chi connectivity index (χ0v) is 10.1. The molecule has 1 heterocycles. The molecule has 1 aromatic rings. The topological polar surface area (TPSA) is 57.1 Å². The van der Waals surface area contributed by atoms with Crippen LogP contribution in [0.3, 0.4) is 0 Å². The molecule has 1 atom stereocenters. The Balaban J connectivity index is 1.99. The first-order chi connectivity index (χ1) is 8.31. The van der Waals surface area contributed by atoms with Crippen molar-refractivity contribution in [1.82, 2.24) is 5.32 Å². The number of halogens is 1. The quantitative estimate of drug-likeness (QED) is 0.857. The van der Waals surface area contributed by atoms with Crippen LogP contribution < -0.4 is 10.6 Å². The van der Waals surface area contributed by atoms with E-state index in [1.54, 1.807) is 6.07 Å². The minimum absolute atomic E-state index is 0.134. The van der Waals surface area contributed by atoms with Crippen molar-refractivity contribution in [2.45, 2.75) is 6.10 Å². The van der Waals surface area contributed by atoms with Crippen molar-refractivity contribution >= 4 is 17.3 Å². The smallest absolute Gasteiger partial charge is 0.103 e. The lowest BCUT2D eigenvalue weighted by molar-refractivity contribution is 0.0372. The Bertz CT molecular complexity index is 424. The first-order valence-corrected chi connectivity index (χ1v) is 5.94. The third-order valence-corrected chi connectivity index (χ3v) is 2.96. The fourth-order valence-electron chi connectivity index (χ4n) is 1.76. The summed E-state index contributed by atoms with van der Waals surface area (Å²) in [6.45, 7) is 3.13. The van der Waals surface area contributed by atoms with Gasteiger partial charge in [0.1, 0.15) is 6.07 Å². The highest BCUT2D eigenvalue weighted by Gasteiger charge is 2.14. The molecule has 2 rings (SSSR count). The summed E-state index contributed by atoms with van der Waals surface area (Å²) in [6.07, 6.45) is 0.134. The average molecular weight is 252 g/mol. The summed E-state index contributed by atoms with van der Waals surface area (Å²) in [5.74, 6) is 0. The standard InChI is InChI=1S/C12H14ClN3O/c13-11-2-1-3-12(10(11)6-14)16-8-9-7-15-4-5-17-9/h1-3,9,15-16H,4-5,7-8H2. The number of ether oxygens (including phenoxy) is 1. The van der Waals surface area contributed by atoms with Crippen LogP contribution >= 0.6 is 11.6 Å². The molecule has 0 saturated carbocycles. The van der Waals surface area contributed by atoms with E-state index in [-0.39, 0.29) is 6.10 Å². The highest BCUT2D eigenvalue weighted by Crippen LogP contribution is 2.23. The van der Waals surface area contributed by atoms with Gasteiger partial charge in [0, 0.05) is 19.6 Å². The predicted molar refractivity (Wildman–Crippen MR) is 67.3 cm³/mol. The van der Waals surface area contributed by atoms with Crippen molar-refractivity contribution in [2.75, 3.05) is 31.6 Å². The maximum absolute atomic E-state index is 9.02. The van der Waals surface area contributed by atoms with Gasteiger partial charge >= 0.3 is 0 Å². The van der Waals surface area contributed by atoms with Crippen molar-refractivity contribution in [2.24, 2.45) is 0 Å². The van der Waals surface area contributed by atoms with E-state index in [0.717, 1.165) is 25.4 Å². The van der Waals surface area contributed by atoms with Gasteiger partial charge in [0.05, 0.1) is 29.0 Å². The molecule has 4 nitrogen and oxygen atoms in total. The highest BCUT2D eigenvalue weighted by molar-refractivity contribution is 6.32. The van der Waals surface area contributed by atoms with Crippen LogP contribution in [0, 0.1) is 11.3 Å². The zero-order valence-electron chi connectivity index (χ0n) is 9.37. The number of morpholine rings is 1. The van der Waals surface area contributed by atoms with Gasteiger partial charge in [-0.3, -0.25) is 0 Å². The highest BCUT2D eigenvalue weighted by atomic mass is 35.5. The van der Waals surface area contributed by atoms with E-state index in [9.17, 15) is 0 Å². The predicted octanol–water partition coefficient (Wildman–Crippen LogP) is 1.61. The lowest BCUT2D eigenvalue weighted by Crippen LogP contribution is -2.42. The molecule has 2 N–H and O–H groups in total. The van der Waals surface area contributed by atoms with Crippen molar-refractivity contribution < 1.29 is 4.74 Å². The van der Waals surface area contributed by atoms with Crippen LogP contribution in [0.2, 0.25) is 5.02 Å². The van der Waals surface area contributed by atoms with Crippen LogP contribution in [-0.4, -0.2) is 32.3 Å². The third kappa shape index (κ3) is 3.10. The van der Waals surface area contributed by atoms with Crippen LogP contribution in [0.4, 0.5) is 5.69 Å². The second-order valence-electron chi connectivity index (χ2n) is 3.85. The van der Waals surface area contributed by atoms with E-state index in [4.69, 9.17) is 21.6 Å². The summed E-state index contributed by atoms with van der Waals surface area (Å²) < 4.78 is 5.56. The molecule has 1 aromatic carbocycles. The average Bonchev–Trinajstić information content (AvgIpc) is 2.37. The lowest BCUT2D eigenvalue weighted by atomic mass is 10.2. The molecule has 1 fully saturated rings. The second-order valence-corrected chi connectivity index (χ2v) is 4.26. The Kier molecular flexibility index (Phi) is 4.21. The number of rotatable bonds is 3. The number of hydrogen-bond acceptors (Lipinski definition) is 4. The summed E-state index contributed by atoms with van der Waals surface area (Å²) in [4.78, 5) is 0. The van der Waals surface area contributed by atoms with Gasteiger partial charge in [0.2, 0.25) is 0 Å². The first-order valence-electron chi connectivity index (χ1n) is 5.56. The molecular formula is C12H14ClN3O. The maximum Gasteiger partial charge on any atom is 0.103 e. The van der Waals surface area contributed by atoms with Gasteiger partial charge in [0.15, 0.2) is 0 Å². The normalized spacial score (nSPS) is 19.6. The number of nitriles is 1. The molecule has 0 bridgehead atoms. The Hall–Kier alpha value is -1.28. The van der Waals surface area contributed by atoms with Crippen LogP contribution in [0.1, 0.15) is 5.56 Å². The zero-order chi connectivity index (χ0) is 12.1. The summed E-state index contributed by atoms with van der Waals surface area (Å²) in [7, 11) is 0. The van der Waals surface area contributed by atoms with E-state index in [1.165, 1.54) is 0 Å². The molecule has 90 valence electrons. The molecule has 0 radical (unpaired) electrons. The fraction of sp³-hybridized carbons (Fsp3) is 0.417. The van der Waals surface area contributed by atoms with Gasteiger partial charge in [-0.25, -0.2) is 0 Å². The Morgan fingerprint density at radius 2 is 2.47 bits per heavy atom.